The molecular weight excluding hydrogens is 417 g/mol. The molecule has 1 fully saturated rings. The molecule has 5 heteroatoms. The van der Waals surface area contributed by atoms with Crippen LogP contribution in [0.1, 0.15) is 17.5 Å². The molecule has 1 aromatic carbocycles. The van der Waals surface area contributed by atoms with E-state index in [0.717, 1.165) is 31.5 Å². The van der Waals surface area contributed by atoms with Crippen LogP contribution in [0, 0.1) is 5.92 Å². The van der Waals surface area contributed by atoms with Crippen LogP contribution in [0.5, 0.6) is 0 Å². The van der Waals surface area contributed by atoms with E-state index in [1.807, 2.05) is 7.05 Å². The number of rotatable bonds is 4. The maximum atomic E-state index is 4.45. The predicted molar refractivity (Wildman–Crippen MR) is 110 cm³/mol. The van der Waals surface area contributed by atoms with Crippen LogP contribution in [0.2, 0.25) is 0 Å². The van der Waals surface area contributed by atoms with Gasteiger partial charge in [-0.3, -0.25) is 4.99 Å². The minimum absolute atomic E-state index is 0. The van der Waals surface area contributed by atoms with Gasteiger partial charge in [-0.15, -0.1) is 24.0 Å². The second kappa shape index (κ2) is 9.27. The van der Waals surface area contributed by atoms with Crippen LogP contribution in [0.15, 0.2) is 52.2 Å². The summed E-state index contributed by atoms with van der Waals surface area (Å²) in [4.78, 5) is 6.83. The lowest BCUT2D eigenvalue weighted by atomic mass is 9.99. The van der Waals surface area contributed by atoms with Gasteiger partial charge in [-0.25, -0.2) is 0 Å². The molecule has 0 spiro atoms. The zero-order valence-electron chi connectivity index (χ0n) is 13.4. The normalized spacial score (nSPS) is 17.9. The average Bonchev–Trinajstić information content (AvgIpc) is 3.21. The fraction of sp³-hybridized carbons (Fsp3) is 0.389. The Morgan fingerprint density at radius 2 is 2.09 bits per heavy atom. The third kappa shape index (κ3) is 5.21. The standard InChI is InChI=1S/C18H23N3S.HI/c1-19-18(20-12-17-8-10-22-14-17)21-9-7-16(13-21)11-15-5-3-2-4-6-15;/h2-6,8,10,14,16H,7,9,11-13H2,1H3,(H,19,20);1H. The highest BCUT2D eigenvalue weighted by molar-refractivity contribution is 14.0. The Morgan fingerprint density at radius 3 is 2.78 bits per heavy atom. The van der Waals surface area contributed by atoms with Crippen LogP contribution in [-0.4, -0.2) is 31.0 Å². The van der Waals surface area contributed by atoms with E-state index in [9.17, 15) is 0 Å². The largest absolute Gasteiger partial charge is 0.352 e. The molecule has 1 aliphatic rings. The molecule has 0 aliphatic carbocycles. The van der Waals surface area contributed by atoms with Crippen LogP contribution < -0.4 is 5.32 Å². The summed E-state index contributed by atoms with van der Waals surface area (Å²) in [7, 11) is 1.88. The molecule has 0 amide bonds. The second-order valence-electron chi connectivity index (χ2n) is 5.82. The Hall–Kier alpha value is -1.08. The Labute approximate surface area is 159 Å². The summed E-state index contributed by atoms with van der Waals surface area (Å²) in [5, 5.41) is 7.78. The molecule has 1 aliphatic heterocycles. The van der Waals surface area contributed by atoms with E-state index in [1.54, 1.807) is 11.3 Å². The number of nitrogens with zero attached hydrogens (tertiary/aromatic N) is 2. The maximum absolute atomic E-state index is 4.45. The van der Waals surface area contributed by atoms with E-state index in [-0.39, 0.29) is 24.0 Å². The number of hydrogen-bond acceptors (Lipinski definition) is 2. The van der Waals surface area contributed by atoms with Crippen molar-refractivity contribution in [1.82, 2.24) is 10.2 Å². The SMILES string of the molecule is CN=C(NCc1ccsc1)N1CCC(Cc2ccccc2)C1.I. The van der Waals surface area contributed by atoms with Crippen molar-refractivity contribution in [3.63, 3.8) is 0 Å². The molecule has 1 aromatic heterocycles. The first-order chi connectivity index (χ1) is 10.8. The van der Waals surface area contributed by atoms with Gasteiger partial charge in [-0.1, -0.05) is 30.3 Å². The molecule has 2 aromatic rings. The number of guanidine groups is 1. The lowest BCUT2D eigenvalue weighted by molar-refractivity contribution is 0.460. The van der Waals surface area contributed by atoms with E-state index in [0.29, 0.717) is 0 Å². The molecule has 1 N–H and O–H groups in total. The van der Waals surface area contributed by atoms with Gasteiger partial charge in [-0.05, 0) is 46.7 Å². The van der Waals surface area contributed by atoms with Gasteiger partial charge >= 0.3 is 0 Å². The van der Waals surface area contributed by atoms with Gasteiger partial charge in [0.2, 0.25) is 0 Å². The topological polar surface area (TPSA) is 27.6 Å². The van der Waals surface area contributed by atoms with Crippen molar-refractivity contribution in [2.45, 2.75) is 19.4 Å². The highest BCUT2D eigenvalue weighted by Crippen LogP contribution is 2.21. The third-order valence-electron chi connectivity index (χ3n) is 4.20. The summed E-state index contributed by atoms with van der Waals surface area (Å²) in [5.41, 5.74) is 2.77. The monoisotopic (exact) mass is 441 g/mol. The average molecular weight is 441 g/mol. The van der Waals surface area contributed by atoms with Crippen molar-refractivity contribution in [3.05, 3.63) is 58.3 Å². The Bertz CT molecular complexity index is 598. The zero-order valence-corrected chi connectivity index (χ0v) is 16.6. The van der Waals surface area contributed by atoms with Crippen molar-refractivity contribution >= 4 is 41.3 Å². The highest BCUT2D eigenvalue weighted by Gasteiger charge is 2.24. The van der Waals surface area contributed by atoms with Crippen molar-refractivity contribution in [2.75, 3.05) is 20.1 Å². The molecule has 0 bridgehead atoms. The lowest BCUT2D eigenvalue weighted by Crippen LogP contribution is -2.39. The van der Waals surface area contributed by atoms with Crippen LogP contribution in [0.4, 0.5) is 0 Å². The summed E-state index contributed by atoms with van der Waals surface area (Å²) < 4.78 is 0. The van der Waals surface area contributed by atoms with Gasteiger partial charge in [0.15, 0.2) is 5.96 Å². The molecule has 0 saturated carbocycles. The summed E-state index contributed by atoms with van der Waals surface area (Å²) in [5.74, 6) is 1.75. The number of aliphatic imine (C=N–C) groups is 1. The molecule has 3 nitrogen and oxygen atoms in total. The Balaban J connectivity index is 0.00000192. The van der Waals surface area contributed by atoms with E-state index < -0.39 is 0 Å². The van der Waals surface area contributed by atoms with Crippen LogP contribution in [0.3, 0.4) is 0 Å². The van der Waals surface area contributed by atoms with E-state index in [2.05, 4.69) is 62.4 Å². The fourth-order valence-corrected chi connectivity index (χ4v) is 3.71. The first kappa shape index (κ1) is 18.3. The summed E-state index contributed by atoms with van der Waals surface area (Å²) in [6.45, 7) is 3.05. The summed E-state index contributed by atoms with van der Waals surface area (Å²) >= 11 is 1.74. The first-order valence-electron chi connectivity index (χ1n) is 7.86. The molecule has 1 atom stereocenters. The molecule has 1 unspecified atom stereocenters. The maximum Gasteiger partial charge on any atom is 0.193 e. The van der Waals surface area contributed by atoms with Crippen LogP contribution >= 0.6 is 35.3 Å². The smallest absolute Gasteiger partial charge is 0.193 e. The van der Waals surface area contributed by atoms with Gasteiger partial charge < -0.3 is 10.2 Å². The van der Waals surface area contributed by atoms with Crippen LogP contribution in [0.25, 0.3) is 0 Å². The molecular formula is C18H24IN3S. The van der Waals surface area contributed by atoms with Gasteiger partial charge in [0, 0.05) is 26.7 Å². The molecule has 23 heavy (non-hydrogen) atoms. The first-order valence-corrected chi connectivity index (χ1v) is 8.80. The van der Waals surface area contributed by atoms with Gasteiger partial charge in [0.05, 0.1) is 0 Å². The van der Waals surface area contributed by atoms with Crippen molar-refractivity contribution in [3.8, 4) is 0 Å². The van der Waals surface area contributed by atoms with Crippen molar-refractivity contribution in [1.29, 1.82) is 0 Å². The van der Waals surface area contributed by atoms with Gasteiger partial charge in [-0.2, -0.15) is 11.3 Å². The Kier molecular flexibility index (Phi) is 7.36. The zero-order chi connectivity index (χ0) is 15.2. The van der Waals surface area contributed by atoms with E-state index >= 15 is 0 Å². The number of benzene rings is 1. The number of thiophene rings is 1. The van der Waals surface area contributed by atoms with E-state index in [1.165, 1.54) is 24.0 Å². The molecule has 2 heterocycles. The van der Waals surface area contributed by atoms with Gasteiger partial charge in [0.1, 0.15) is 0 Å². The number of hydrogen-bond donors (Lipinski definition) is 1. The minimum atomic E-state index is 0. The lowest BCUT2D eigenvalue weighted by Gasteiger charge is -2.21. The molecule has 3 rings (SSSR count). The number of likely N-dealkylation sites (tertiary alicyclic amines) is 1. The third-order valence-corrected chi connectivity index (χ3v) is 4.93. The van der Waals surface area contributed by atoms with Crippen molar-refractivity contribution in [2.24, 2.45) is 10.9 Å². The molecule has 1 saturated heterocycles. The summed E-state index contributed by atoms with van der Waals surface area (Å²) in [6.07, 6.45) is 2.41. The quantitative estimate of drug-likeness (QED) is 0.441. The fourth-order valence-electron chi connectivity index (χ4n) is 3.05. The van der Waals surface area contributed by atoms with Crippen LogP contribution in [-0.2, 0) is 13.0 Å². The second-order valence-corrected chi connectivity index (χ2v) is 6.60. The molecule has 124 valence electrons. The Morgan fingerprint density at radius 1 is 1.26 bits per heavy atom. The molecule has 0 radical (unpaired) electrons. The van der Waals surface area contributed by atoms with E-state index in [4.69, 9.17) is 0 Å². The predicted octanol–water partition coefficient (Wildman–Crippen LogP) is 4.01. The number of nitrogens with one attached hydrogen (secondary N) is 1. The summed E-state index contributed by atoms with van der Waals surface area (Å²) in [6, 6.07) is 13.0. The minimum Gasteiger partial charge on any atom is -0.352 e. The number of halogens is 1. The highest BCUT2D eigenvalue weighted by atomic mass is 127. The van der Waals surface area contributed by atoms with Gasteiger partial charge in [0.25, 0.3) is 0 Å². The van der Waals surface area contributed by atoms with Crippen molar-refractivity contribution < 1.29 is 0 Å².